The Morgan fingerprint density at radius 2 is 2.00 bits per heavy atom. The molecule has 0 aromatic carbocycles. The molecule has 1 atom stereocenters. The third kappa shape index (κ3) is 2.73. The van der Waals surface area contributed by atoms with E-state index in [0.29, 0.717) is 5.91 Å². The molecular formula is C13H23NO. The second-order valence-corrected chi connectivity index (χ2v) is 5.24. The number of likely N-dealkylation sites (tertiary alicyclic amines) is 1. The topological polar surface area (TPSA) is 20.3 Å². The molecule has 0 aromatic rings. The first-order valence-electron chi connectivity index (χ1n) is 6.57. The van der Waals surface area contributed by atoms with Gasteiger partial charge in [-0.25, -0.2) is 0 Å². The summed E-state index contributed by atoms with van der Waals surface area (Å²) in [5.74, 6) is 2.03. The maximum atomic E-state index is 11.9. The van der Waals surface area contributed by atoms with Crippen molar-refractivity contribution in [2.24, 2.45) is 11.8 Å². The van der Waals surface area contributed by atoms with Gasteiger partial charge in [-0.15, -0.1) is 0 Å². The van der Waals surface area contributed by atoms with Crippen molar-refractivity contribution < 1.29 is 4.79 Å². The first kappa shape index (κ1) is 11.0. The van der Waals surface area contributed by atoms with Gasteiger partial charge in [-0.3, -0.25) is 4.79 Å². The smallest absolute Gasteiger partial charge is 0.222 e. The lowest BCUT2D eigenvalue weighted by molar-refractivity contribution is -0.131. The molecule has 0 aromatic heterocycles. The number of nitrogens with zero attached hydrogens (tertiary/aromatic N) is 1. The molecule has 2 aliphatic rings. The molecule has 1 unspecified atom stereocenters. The SMILES string of the molecule is CCC1CCC(=O)N(CC2CCC2)CC1. The van der Waals surface area contributed by atoms with Crippen molar-refractivity contribution in [2.75, 3.05) is 13.1 Å². The van der Waals surface area contributed by atoms with Gasteiger partial charge in [0.05, 0.1) is 0 Å². The molecule has 2 fully saturated rings. The Kier molecular flexibility index (Phi) is 3.66. The molecule has 2 rings (SSSR count). The summed E-state index contributed by atoms with van der Waals surface area (Å²) < 4.78 is 0. The van der Waals surface area contributed by atoms with Crippen LogP contribution in [0.15, 0.2) is 0 Å². The average molecular weight is 209 g/mol. The highest BCUT2D eigenvalue weighted by atomic mass is 16.2. The van der Waals surface area contributed by atoms with E-state index in [9.17, 15) is 4.79 Å². The Balaban J connectivity index is 1.84. The van der Waals surface area contributed by atoms with E-state index in [1.165, 1.54) is 32.1 Å². The molecule has 1 amide bonds. The Labute approximate surface area is 93.0 Å². The molecule has 0 spiro atoms. The van der Waals surface area contributed by atoms with E-state index in [-0.39, 0.29) is 0 Å². The van der Waals surface area contributed by atoms with Crippen molar-refractivity contribution in [1.29, 1.82) is 0 Å². The van der Waals surface area contributed by atoms with E-state index >= 15 is 0 Å². The minimum absolute atomic E-state index is 0.415. The standard InChI is InChI=1S/C13H23NO/c1-2-11-6-7-13(15)14(9-8-11)10-12-4-3-5-12/h11-12H,2-10H2,1H3. The summed E-state index contributed by atoms with van der Waals surface area (Å²) >= 11 is 0. The van der Waals surface area contributed by atoms with Crippen LogP contribution < -0.4 is 0 Å². The van der Waals surface area contributed by atoms with Crippen molar-refractivity contribution in [3.63, 3.8) is 0 Å². The third-order valence-electron chi connectivity index (χ3n) is 4.21. The summed E-state index contributed by atoms with van der Waals surface area (Å²) in [7, 11) is 0. The van der Waals surface area contributed by atoms with Crippen molar-refractivity contribution >= 4 is 5.91 Å². The van der Waals surface area contributed by atoms with Gasteiger partial charge in [0, 0.05) is 19.5 Å². The van der Waals surface area contributed by atoms with Crippen molar-refractivity contribution in [3.8, 4) is 0 Å². The first-order valence-corrected chi connectivity index (χ1v) is 6.57. The summed E-state index contributed by atoms with van der Waals surface area (Å²) in [6.07, 6.45) is 8.47. The number of amides is 1. The molecule has 1 aliphatic heterocycles. The van der Waals surface area contributed by atoms with E-state index in [4.69, 9.17) is 0 Å². The minimum Gasteiger partial charge on any atom is -0.342 e. The van der Waals surface area contributed by atoms with Gasteiger partial charge in [0.1, 0.15) is 0 Å². The quantitative estimate of drug-likeness (QED) is 0.700. The van der Waals surface area contributed by atoms with Crippen LogP contribution in [0.5, 0.6) is 0 Å². The van der Waals surface area contributed by atoms with Crippen molar-refractivity contribution in [2.45, 2.75) is 51.9 Å². The molecule has 1 saturated heterocycles. The Hall–Kier alpha value is -0.530. The van der Waals surface area contributed by atoms with Gasteiger partial charge in [0.15, 0.2) is 0 Å². The highest BCUT2D eigenvalue weighted by Crippen LogP contribution is 2.29. The van der Waals surface area contributed by atoms with Crippen LogP contribution in [0.3, 0.4) is 0 Å². The summed E-state index contributed by atoms with van der Waals surface area (Å²) in [4.78, 5) is 14.0. The molecule has 1 heterocycles. The zero-order valence-corrected chi connectivity index (χ0v) is 9.87. The Bertz CT molecular complexity index is 223. The van der Waals surface area contributed by atoms with Crippen LogP contribution in [0.1, 0.15) is 51.9 Å². The van der Waals surface area contributed by atoms with Crippen LogP contribution in [-0.2, 0) is 4.79 Å². The lowest BCUT2D eigenvalue weighted by Crippen LogP contribution is -2.37. The first-order chi connectivity index (χ1) is 7.29. The number of carbonyl (C=O) groups excluding carboxylic acids is 1. The minimum atomic E-state index is 0.415. The van der Waals surface area contributed by atoms with E-state index in [2.05, 4.69) is 11.8 Å². The summed E-state index contributed by atoms with van der Waals surface area (Å²) in [5, 5.41) is 0. The lowest BCUT2D eigenvalue weighted by atomic mass is 9.85. The fraction of sp³-hybridized carbons (Fsp3) is 0.923. The van der Waals surface area contributed by atoms with Gasteiger partial charge < -0.3 is 4.90 Å². The zero-order valence-electron chi connectivity index (χ0n) is 9.87. The van der Waals surface area contributed by atoms with E-state index in [0.717, 1.165) is 37.8 Å². The number of rotatable bonds is 3. The predicted molar refractivity (Wildman–Crippen MR) is 61.6 cm³/mol. The number of hydrogen-bond donors (Lipinski definition) is 0. The fourth-order valence-corrected chi connectivity index (χ4v) is 2.68. The fourth-order valence-electron chi connectivity index (χ4n) is 2.68. The molecule has 0 radical (unpaired) electrons. The molecule has 1 aliphatic carbocycles. The van der Waals surface area contributed by atoms with Crippen LogP contribution >= 0.6 is 0 Å². The van der Waals surface area contributed by atoms with Gasteiger partial charge in [-0.1, -0.05) is 19.8 Å². The van der Waals surface area contributed by atoms with Gasteiger partial charge in [-0.05, 0) is 37.5 Å². The molecule has 2 nitrogen and oxygen atoms in total. The van der Waals surface area contributed by atoms with E-state index < -0.39 is 0 Å². The monoisotopic (exact) mass is 209 g/mol. The Morgan fingerprint density at radius 1 is 1.20 bits per heavy atom. The van der Waals surface area contributed by atoms with Crippen LogP contribution in [0.25, 0.3) is 0 Å². The number of hydrogen-bond acceptors (Lipinski definition) is 1. The van der Waals surface area contributed by atoms with Crippen LogP contribution in [0.4, 0.5) is 0 Å². The van der Waals surface area contributed by atoms with Gasteiger partial charge >= 0.3 is 0 Å². The molecular weight excluding hydrogens is 186 g/mol. The van der Waals surface area contributed by atoms with E-state index in [1.807, 2.05) is 0 Å². The summed E-state index contributed by atoms with van der Waals surface area (Å²) in [6.45, 7) is 4.32. The van der Waals surface area contributed by atoms with E-state index in [1.54, 1.807) is 0 Å². The normalized spacial score (nSPS) is 28.7. The van der Waals surface area contributed by atoms with Crippen molar-refractivity contribution in [3.05, 3.63) is 0 Å². The van der Waals surface area contributed by atoms with Gasteiger partial charge in [-0.2, -0.15) is 0 Å². The predicted octanol–water partition coefficient (Wildman–Crippen LogP) is 2.83. The van der Waals surface area contributed by atoms with Gasteiger partial charge in [0.2, 0.25) is 5.91 Å². The average Bonchev–Trinajstić information content (AvgIpc) is 2.35. The lowest BCUT2D eigenvalue weighted by Gasteiger charge is -2.31. The van der Waals surface area contributed by atoms with Crippen LogP contribution in [0.2, 0.25) is 0 Å². The van der Waals surface area contributed by atoms with Crippen molar-refractivity contribution in [1.82, 2.24) is 4.90 Å². The highest BCUT2D eigenvalue weighted by molar-refractivity contribution is 5.76. The zero-order chi connectivity index (χ0) is 10.7. The maximum absolute atomic E-state index is 11.9. The second kappa shape index (κ2) is 5.00. The second-order valence-electron chi connectivity index (χ2n) is 5.24. The van der Waals surface area contributed by atoms with Gasteiger partial charge in [0.25, 0.3) is 0 Å². The molecule has 1 saturated carbocycles. The maximum Gasteiger partial charge on any atom is 0.222 e. The largest absolute Gasteiger partial charge is 0.342 e. The molecule has 86 valence electrons. The van der Waals surface area contributed by atoms with Crippen LogP contribution in [-0.4, -0.2) is 23.9 Å². The molecule has 15 heavy (non-hydrogen) atoms. The third-order valence-corrected chi connectivity index (χ3v) is 4.21. The summed E-state index contributed by atoms with van der Waals surface area (Å²) in [6, 6.07) is 0. The number of carbonyl (C=O) groups is 1. The Morgan fingerprint density at radius 3 is 2.60 bits per heavy atom. The molecule has 0 N–H and O–H groups in total. The van der Waals surface area contributed by atoms with Crippen LogP contribution in [0, 0.1) is 11.8 Å². The summed E-state index contributed by atoms with van der Waals surface area (Å²) in [5.41, 5.74) is 0. The highest BCUT2D eigenvalue weighted by Gasteiger charge is 2.26. The molecule has 0 bridgehead atoms. The molecule has 2 heteroatoms.